The lowest BCUT2D eigenvalue weighted by Gasteiger charge is -2.29. The van der Waals surface area contributed by atoms with Crippen molar-refractivity contribution in [2.45, 2.75) is 18.6 Å². The quantitative estimate of drug-likeness (QED) is 0.640. The molecule has 0 bridgehead atoms. The van der Waals surface area contributed by atoms with Crippen molar-refractivity contribution >= 4 is 53.3 Å². The van der Waals surface area contributed by atoms with Crippen molar-refractivity contribution < 1.29 is 9.90 Å². The minimum absolute atomic E-state index is 0. The van der Waals surface area contributed by atoms with Crippen LogP contribution in [-0.4, -0.2) is 56.3 Å². The van der Waals surface area contributed by atoms with Gasteiger partial charge in [0.25, 0.3) is 0 Å². The smallest absolute Gasteiger partial charge is 0.222 e. The highest BCUT2D eigenvalue weighted by atomic mass is 35.5. The number of benzene rings is 1. The molecule has 1 heterocycles. The third kappa shape index (κ3) is 6.32. The lowest BCUT2D eigenvalue weighted by Crippen LogP contribution is -2.35. The van der Waals surface area contributed by atoms with Gasteiger partial charge in [-0.3, -0.25) is 4.79 Å². The molecule has 1 unspecified atom stereocenters. The Morgan fingerprint density at radius 2 is 2.12 bits per heavy atom. The average Bonchev–Trinajstić information content (AvgIpc) is 3.03. The molecule has 0 saturated heterocycles. The summed E-state index contributed by atoms with van der Waals surface area (Å²) in [6.45, 7) is 0.197. The first-order valence-corrected chi connectivity index (χ1v) is 9.51. The number of hydrogen-bond acceptors (Lipinski definition) is 5. The fourth-order valence-corrected chi connectivity index (χ4v) is 3.91. The Labute approximate surface area is 173 Å². The van der Waals surface area contributed by atoms with Crippen molar-refractivity contribution in [2.75, 3.05) is 25.6 Å². The Morgan fingerprint density at radius 3 is 2.69 bits per heavy atom. The van der Waals surface area contributed by atoms with Crippen LogP contribution in [0.15, 0.2) is 30.9 Å². The van der Waals surface area contributed by atoms with E-state index in [9.17, 15) is 9.90 Å². The number of aromatic nitrogens is 3. The lowest BCUT2D eigenvalue weighted by molar-refractivity contribution is -0.128. The molecular formula is C16H21Cl3N4O2S. The van der Waals surface area contributed by atoms with Crippen molar-refractivity contribution in [1.29, 1.82) is 0 Å². The van der Waals surface area contributed by atoms with Crippen LogP contribution < -0.4 is 0 Å². The van der Waals surface area contributed by atoms with Crippen LogP contribution in [0.2, 0.25) is 10.0 Å². The molecule has 0 aliphatic heterocycles. The molecule has 0 aliphatic carbocycles. The second kappa shape index (κ2) is 10.4. The summed E-state index contributed by atoms with van der Waals surface area (Å²) in [7, 11) is 3.45. The van der Waals surface area contributed by atoms with Gasteiger partial charge in [-0.15, -0.1) is 12.4 Å². The molecule has 1 atom stereocenters. The van der Waals surface area contributed by atoms with E-state index >= 15 is 0 Å². The minimum Gasteiger partial charge on any atom is -0.382 e. The van der Waals surface area contributed by atoms with E-state index in [0.717, 1.165) is 0 Å². The monoisotopic (exact) mass is 438 g/mol. The molecule has 0 radical (unpaired) electrons. The molecule has 0 saturated carbocycles. The van der Waals surface area contributed by atoms with Crippen LogP contribution in [0, 0.1) is 0 Å². The minimum atomic E-state index is -1.26. The van der Waals surface area contributed by atoms with Crippen LogP contribution in [0.4, 0.5) is 0 Å². The summed E-state index contributed by atoms with van der Waals surface area (Å²) in [6, 6.07) is 5.01. The normalized spacial score (nSPS) is 13.0. The molecule has 144 valence electrons. The largest absolute Gasteiger partial charge is 0.382 e. The Bertz CT molecular complexity index is 716. The number of amides is 1. The van der Waals surface area contributed by atoms with Crippen LogP contribution in [-0.2, 0) is 16.9 Å². The van der Waals surface area contributed by atoms with E-state index in [4.69, 9.17) is 23.2 Å². The van der Waals surface area contributed by atoms with Gasteiger partial charge in [0.15, 0.2) is 0 Å². The van der Waals surface area contributed by atoms with Crippen molar-refractivity contribution in [3.05, 3.63) is 46.5 Å². The van der Waals surface area contributed by atoms with E-state index in [0.29, 0.717) is 33.5 Å². The zero-order valence-electron chi connectivity index (χ0n) is 14.4. The second-order valence-corrected chi connectivity index (χ2v) is 7.79. The van der Waals surface area contributed by atoms with Gasteiger partial charge in [-0.25, -0.2) is 9.67 Å². The first kappa shape index (κ1) is 23.0. The van der Waals surface area contributed by atoms with Gasteiger partial charge >= 0.3 is 0 Å². The lowest BCUT2D eigenvalue weighted by atomic mass is 9.95. The van der Waals surface area contributed by atoms with Gasteiger partial charge in [0.1, 0.15) is 18.3 Å². The number of hydrogen-bond donors (Lipinski definition) is 1. The highest BCUT2D eigenvalue weighted by Gasteiger charge is 2.32. The standard InChI is InChI=1S/C16H20Cl2N4O2S.ClH/c1-21(2)15(23)5-6-25-9-16(24,8-22-11-19-10-20-22)13-4-3-12(17)7-14(13)18;/h3-4,7,10-11,24H,5-6,8-9H2,1-2H3;1H. The third-order valence-electron chi connectivity index (χ3n) is 3.62. The van der Waals surface area contributed by atoms with Gasteiger partial charge in [0, 0.05) is 47.6 Å². The molecule has 1 N–H and O–H groups in total. The molecule has 2 rings (SSSR count). The first-order valence-electron chi connectivity index (χ1n) is 7.60. The van der Waals surface area contributed by atoms with Gasteiger partial charge < -0.3 is 10.0 Å². The molecule has 1 aromatic heterocycles. The molecule has 6 nitrogen and oxygen atoms in total. The van der Waals surface area contributed by atoms with Crippen molar-refractivity contribution in [3.8, 4) is 0 Å². The molecule has 1 amide bonds. The summed E-state index contributed by atoms with van der Waals surface area (Å²) in [5.41, 5.74) is -0.693. The number of nitrogens with zero attached hydrogens (tertiary/aromatic N) is 4. The van der Waals surface area contributed by atoms with Gasteiger partial charge in [-0.1, -0.05) is 29.3 Å². The highest BCUT2D eigenvalue weighted by Crippen LogP contribution is 2.34. The van der Waals surface area contributed by atoms with Crippen molar-refractivity contribution in [3.63, 3.8) is 0 Å². The van der Waals surface area contributed by atoms with Crippen LogP contribution >= 0.6 is 47.4 Å². The molecule has 2 aromatic rings. The van der Waals surface area contributed by atoms with E-state index in [2.05, 4.69) is 10.1 Å². The molecule has 10 heteroatoms. The maximum Gasteiger partial charge on any atom is 0.222 e. The van der Waals surface area contributed by atoms with Crippen molar-refractivity contribution in [2.24, 2.45) is 0 Å². The van der Waals surface area contributed by atoms with E-state index in [-0.39, 0.29) is 24.9 Å². The summed E-state index contributed by atoms with van der Waals surface area (Å²) in [5, 5.41) is 16.2. The second-order valence-electron chi connectivity index (χ2n) is 5.84. The van der Waals surface area contributed by atoms with Crippen LogP contribution in [0.5, 0.6) is 0 Å². The summed E-state index contributed by atoms with van der Waals surface area (Å²) in [6.07, 6.45) is 3.35. The average molecular weight is 440 g/mol. The molecular weight excluding hydrogens is 419 g/mol. The Balaban J connectivity index is 0.00000338. The zero-order valence-corrected chi connectivity index (χ0v) is 17.6. The number of carbonyl (C=O) groups is 1. The van der Waals surface area contributed by atoms with Gasteiger partial charge in [0.05, 0.1) is 6.54 Å². The number of rotatable bonds is 8. The summed E-state index contributed by atoms with van der Waals surface area (Å²) >= 11 is 13.7. The van der Waals surface area contributed by atoms with Crippen LogP contribution in [0.25, 0.3) is 0 Å². The maximum atomic E-state index is 11.7. The molecule has 26 heavy (non-hydrogen) atoms. The van der Waals surface area contributed by atoms with E-state index in [1.54, 1.807) is 41.9 Å². The summed E-state index contributed by atoms with van der Waals surface area (Å²) in [4.78, 5) is 17.1. The SMILES string of the molecule is CN(C)C(=O)CCSCC(O)(Cn1cncn1)c1ccc(Cl)cc1Cl.Cl. The summed E-state index contributed by atoms with van der Waals surface area (Å²) in [5.74, 6) is 1.01. The zero-order chi connectivity index (χ0) is 18.4. The van der Waals surface area contributed by atoms with E-state index in [1.165, 1.54) is 24.4 Å². The Kier molecular flexibility index (Phi) is 9.19. The predicted molar refractivity (Wildman–Crippen MR) is 108 cm³/mol. The topological polar surface area (TPSA) is 71.2 Å². The fourth-order valence-electron chi connectivity index (χ4n) is 2.28. The highest BCUT2D eigenvalue weighted by molar-refractivity contribution is 7.99. The number of halogens is 3. The molecule has 0 spiro atoms. The predicted octanol–water partition coefficient (Wildman–Crippen LogP) is 3.11. The Hall–Kier alpha value is -0.990. The third-order valence-corrected chi connectivity index (χ3v) is 5.34. The Morgan fingerprint density at radius 1 is 1.38 bits per heavy atom. The van der Waals surface area contributed by atoms with Gasteiger partial charge in [-0.05, 0) is 12.1 Å². The molecule has 1 aromatic carbocycles. The number of aliphatic hydroxyl groups is 1. The maximum absolute atomic E-state index is 11.7. The van der Waals surface area contributed by atoms with Gasteiger partial charge in [-0.2, -0.15) is 16.9 Å². The van der Waals surface area contributed by atoms with Crippen LogP contribution in [0.1, 0.15) is 12.0 Å². The first-order chi connectivity index (χ1) is 11.8. The molecule has 0 aliphatic rings. The molecule has 0 fully saturated rings. The van der Waals surface area contributed by atoms with E-state index < -0.39 is 5.60 Å². The summed E-state index contributed by atoms with van der Waals surface area (Å²) < 4.78 is 1.55. The van der Waals surface area contributed by atoms with Crippen molar-refractivity contribution in [1.82, 2.24) is 19.7 Å². The van der Waals surface area contributed by atoms with E-state index in [1.807, 2.05) is 0 Å². The van der Waals surface area contributed by atoms with Gasteiger partial charge in [0.2, 0.25) is 5.91 Å². The fraction of sp³-hybridized carbons (Fsp3) is 0.438. The van der Waals surface area contributed by atoms with Crippen LogP contribution in [0.3, 0.4) is 0 Å². The number of carbonyl (C=O) groups excluding carboxylic acids is 1. The number of thioether (sulfide) groups is 1.